The molecule has 1 unspecified atom stereocenters. The average molecular weight is 351 g/mol. The number of benzene rings is 1. The van der Waals surface area contributed by atoms with Crippen LogP contribution in [-0.4, -0.2) is 58.6 Å². The molecule has 2 aromatic rings. The predicted octanol–water partition coefficient (Wildman–Crippen LogP) is 1.61. The zero-order chi connectivity index (χ0) is 18.0. The van der Waals surface area contributed by atoms with Gasteiger partial charge in [-0.2, -0.15) is 8.78 Å². The Morgan fingerprint density at radius 3 is 2.72 bits per heavy atom. The lowest BCUT2D eigenvalue weighted by molar-refractivity contribution is -0.0498. The van der Waals surface area contributed by atoms with Gasteiger partial charge < -0.3 is 15.0 Å². The zero-order valence-electron chi connectivity index (χ0n) is 13.9. The van der Waals surface area contributed by atoms with Crippen molar-refractivity contribution in [3.05, 3.63) is 35.7 Å². The lowest BCUT2D eigenvalue weighted by Gasteiger charge is -2.22. The molecule has 0 saturated carbocycles. The van der Waals surface area contributed by atoms with E-state index in [9.17, 15) is 13.6 Å². The first-order chi connectivity index (χ1) is 12.0. The van der Waals surface area contributed by atoms with E-state index < -0.39 is 6.61 Å². The minimum absolute atomic E-state index is 0.0567. The Morgan fingerprint density at radius 1 is 1.40 bits per heavy atom. The van der Waals surface area contributed by atoms with Gasteiger partial charge in [0, 0.05) is 19.6 Å². The van der Waals surface area contributed by atoms with Crippen LogP contribution in [0.1, 0.15) is 22.6 Å². The van der Waals surface area contributed by atoms with Gasteiger partial charge in [-0.05, 0) is 44.2 Å². The maximum absolute atomic E-state index is 12.7. The summed E-state index contributed by atoms with van der Waals surface area (Å²) in [6, 6.07) is 6.14. The maximum Gasteiger partial charge on any atom is 0.387 e. The first-order valence-corrected chi connectivity index (χ1v) is 7.93. The number of nitrogens with zero attached hydrogens (tertiary/aromatic N) is 4. The van der Waals surface area contributed by atoms with Crippen LogP contribution >= 0.6 is 0 Å². The van der Waals surface area contributed by atoms with Crippen molar-refractivity contribution < 1.29 is 18.3 Å². The van der Waals surface area contributed by atoms with Crippen molar-refractivity contribution in [1.29, 1.82) is 0 Å². The lowest BCUT2D eigenvalue weighted by Crippen LogP contribution is -2.38. The number of aromatic nitrogens is 3. The molecular weight excluding hydrogens is 332 g/mol. The fraction of sp³-hybridized carbons (Fsp3) is 0.438. The molecule has 1 aliphatic rings. The quantitative estimate of drug-likeness (QED) is 0.886. The highest BCUT2D eigenvalue weighted by Crippen LogP contribution is 2.19. The number of halogens is 2. The molecule has 134 valence electrons. The largest absolute Gasteiger partial charge is 0.435 e. The summed E-state index contributed by atoms with van der Waals surface area (Å²) in [6.07, 6.45) is 0.904. The molecule has 1 fully saturated rings. The minimum atomic E-state index is -2.87. The molecule has 1 amide bonds. The van der Waals surface area contributed by atoms with Crippen LogP contribution in [0.15, 0.2) is 24.3 Å². The number of likely N-dealkylation sites (N-methyl/N-ethyl adjacent to an activating group) is 1. The Kier molecular flexibility index (Phi) is 4.93. The Morgan fingerprint density at radius 2 is 2.12 bits per heavy atom. The lowest BCUT2D eigenvalue weighted by atomic mass is 10.2. The van der Waals surface area contributed by atoms with E-state index in [-0.39, 0.29) is 23.4 Å². The Bertz CT molecular complexity index is 741. The number of hydrogen-bond donors (Lipinski definition) is 1. The van der Waals surface area contributed by atoms with Gasteiger partial charge in [-0.1, -0.05) is 5.21 Å². The molecule has 0 spiro atoms. The number of hydrogen-bond acceptors (Lipinski definition) is 5. The molecule has 0 aliphatic carbocycles. The van der Waals surface area contributed by atoms with Crippen molar-refractivity contribution in [3.8, 4) is 11.4 Å². The summed E-state index contributed by atoms with van der Waals surface area (Å²) >= 11 is 0. The van der Waals surface area contributed by atoms with E-state index in [4.69, 9.17) is 0 Å². The van der Waals surface area contributed by atoms with E-state index in [1.54, 1.807) is 31.0 Å². The molecule has 3 rings (SSSR count). The molecule has 0 bridgehead atoms. The van der Waals surface area contributed by atoms with Gasteiger partial charge in [0.1, 0.15) is 5.75 Å². The van der Waals surface area contributed by atoms with Gasteiger partial charge in [-0.15, -0.1) is 5.10 Å². The van der Waals surface area contributed by atoms with Crippen LogP contribution in [0.5, 0.6) is 5.75 Å². The predicted molar refractivity (Wildman–Crippen MR) is 86.1 cm³/mol. The molecule has 1 aliphatic heterocycles. The van der Waals surface area contributed by atoms with E-state index in [0.717, 1.165) is 19.5 Å². The van der Waals surface area contributed by atoms with Crippen LogP contribution in [0.2, 0.25) is 0 Å². The van der Waals surface area contributed by atoms with E-state index in [1.807, 2.05) is 0 Å². The molecule has 1 aromatic carbocycles. The SMILES string of the molecule is Cc1c(C(=O)N(C)C2CCNC2)nnn1-c1ccc(OC(F)F)cc1. The third-order valence-corrected chi connectivity index (χ3v) is 4.31. The Labute approximate surface area is 143 Å². The first kappa shape index (κ1) is 17.3. The van der Waals surface area contributed by atoms with E-state index in [2.05, 4.69) is 20.4 Å². The fourth-order valence-electron chi connectivity index (χ4n) is 2.84. The third-order valence-electron chi connectivity index (χ3n) is 4.31. The van der Waals surface area contributed by atoms with Crippen molar-refractivity contribution in [2.75, 3.05) is 20.1 Å². The standard InChI is InChI=1S/C16H19F2N5O2/c1-10-14(15(24)22(2)12-7-8-19-9-12)20-21-23(10)11-3-5-13(6-4-11)25-16(17)18/h3-6,12,16,19H,7-9H2,1-2H3. The minimum Gasteiger partial charge on any atom is -0.435 e. The smallest absolute Gasteiger partial charge is 0.387 e. The van der Waals surface area contributed by atoms with Gasteiger partial charge in [0.05, 0.1) is 11.4 Å². The molecule has 1 aromatic heterocycles. The zero-order valence-corrected chi connectivity index (χ0v) is 13.9. The van der Waals surface area contributed by atoms with Crippen LogP contribution in [0.4, 0.5) is 8.78 Å². The molecule has 1 N–H and O–H groups in total. The monoisotopic (exact) mass is 351 g/mol. The normalized spacial score (nSPS) is 17.1. The first-order valence-electron chi connectivity index (χ1n) is 7.93. The van der Waals surface area contributed by atoms with Crippen LogP contribution < -0.4 is 10.1 Å². The fourth-order valence-corrected chi connectivity index (χ4v) is 2.84. The number of carbonyl (C=O) groups excluding carboxylic acids is 1. The number of carbonyl (C=O) groups is 1. The summed E-state index contributed by atoms with van der Waals surface area (Å²) in [5.74, 6) is -0.128. The number of alkyl halides is 2. The van der Waals surface area contributed by atoms with Gasteiger partial charge in [0.15, 0.2) is 5.69 Å². The second kappa shape index (κ2) is 7.14. The molecule has 25 heavy (non-hydrogen) atoms. The number of nitrogens with one attached hydrogen (secondary N) is 1. The second-order valence-electron chi connectivity index (χ2n) is 5.87. The van der Waals surface area contributed by atoms with Crippen molar-refractivity contribution in [2.45, 2.75) is 26.0 Å². The molecule has 7 nitrogen and oxygen atoms in total. The molecule has 2 heterocycles. The maximum atomic E-state index is 12.7. The Hall–Kier alpha value is -2.55. The number of amides is 1. The van der Waals surface area contributed by atoms with Crippen molar-refractivity contribution in [2.24, 2.45) is 0 Å². The van der Waals surface area contributed by atoms with Crippen LogP contribution in [0.25, 0.3) is 5.69 Å². The van der Waals surface area contributed by atoms with Crippen molar-refractivity contribution in [1.82, 2.24) is 25.2 Å². The summed E-state index contributed by atoms with van der Waals surface area (Å²) in [5.41, 5.74) is 1.48. The number of rotatable bonds is 5. The van der Waals surface area contributed by atoms with Gasteiger partial charge >= 0.3 is 6.61 Å². The summed E-state index contributed by atoms with van der Waals surface area (Å²) in [5, 5.41) is 11.3. The van der Waals surface area contributed by atoms with E-state index in [1.165, 1.54) is 16.8 Å². The third kappa shape index (κ3) is 3.60. The van der Waals surface area contributed by atoms with Crippen molar-refractivity contribution >= 4 is 5.91 Å². The molecule has 1 saturated heterocycles. The highest BCUT2D eigenvalue weighted by molar-refractivity contribution is 5.93. The summed E-state index contributed by atoms with van der Waals surface area (Å²) < 4.78 is 30.2. The summed E-state index contributed by atoms with van der Waals surface area (Å²) in [4.78, 5) is 14.3. The molecule has 9 heteroatoms. The second-order valence-corrected chi connectivity index (χ2v) is 5.87. The molecule has 1 atom stereocenters. The van der Waals surface area contributed by atoms with Crippen LogP contribution in [-0.2, 0) is 0 Å². The van der Waals surface area contributed by atoms with Gasteiger partial charge in [-0.25, -0.2) is 4.68 Å². The molecular formula is C16H19F2N5O2. The van der Waals surface area contributed by atoms with E-state index in [0.29, 0.717) is 11.4 Å². The summed E-state index contributed by atoms with van der Waals surface area (Å²) in [7, 11) is 1.76. The summed E-state index contributed by atoms with van der Waals surface area (Å²) in [6.45, 7) is 0.531. The Balaban J connectivity index is 1.79. The number of ether oxygens (including phenoxy) is 1. The van der Waals surface area contributed by atoms with Gasteiger partial charge in [0.2, 0.25) is 0 Å². The topological polar surface area (TPSA) is 72.3 Å². The van der Waals surface area contributed by atoms with Gasteiger partial charge in [-0.3, -0.25) is 4.79 Å². The molecule has 0 radical (unpaired) electrons. The van der Waals surface area contributed by atoms with Crippen molar-refractivity contribution in [3.63, 3.8) is 0 Å². The van der Waals surface area contributed by atoms with Crippen LogP contribution in [0.3, 0.4) is 0 Å². The average Bonchev–Trinajstić information content (AvgIpc) is 3.24. The van der Waals surface area contributed by atoms with Crippen LogP contribution in [0, 0.1) is 6.92 Å². The van der Waals surface area contributed by atoms with E-state index >= 15 is 0 Å². The van der Waals surface area contributed by atoms with Gasteiger partial charge in [0.25, 0.3) is 5.91 Å². The highest BCUT2D eigenvalue weighted by atomic mass is 19.3. The highest BCUT2D eigenvalue weighted by Gasteiger charge is 2.27.